The van der Waals surface area contributed by atoms with Gasteiger partial charge in [-0.1, -0.05) is 6.07 Å². The number of nitrogens with two attached hydrogens (primary N) is 1. The molecule has 0 saturated carbocycles. The average Bonchev–Trinajstić information content (AvgIpc) is 2.72. The molecule has 1 aromatic rings. The van der Waals surface area contributed by atoms with Crippen LogP contribution in [0.2, 0.25) is 0 Å². The Labute approximate surface area is 111 Å². The lowest BCUT2D eigenvalue weighted by molar-refractivity contribution is 0.152. The summed E-state index contributed by atoms with van der Waals surface area (Å²) in [5.74, 6) is 0.688. The normalized spacial score (nSPS) is 20.9. The summed E-state index contributed by atoms with van der Waals surface area (Å²) in [5.41, 5.74) is 7.98. The highest BCUT2D eigenvalue weighted by Crippen LogP contribution is 2.23. The molecule has 0 aliphatic carbocycles. The molecule has 4 heteroatoms. The predicted octanol–water partition coefficient (Wildman–Crippen LogP) is 2.50. The first kappa shape index (κ1) is 12.9. The van der Waals surface area contributed by atoms with Gasteiger partial charge in [-0.15, -0.1) is 0 Å². The quantitative estimate of drug-likeness (QED) is 0.868. The number of ether oxygens (including phenoxy) is 1. The van der Waals surface area contributed by atoms with Gasteiger partial charge in [0.05, 0.1) is 6.61 Å². The third-order valence-electron chi connectivity index (χ3n) is 3.24. The van der Waals surface area contributed by atoms with Crippen LogP contribution in [-0.4, -0.2) is 31.7 Å². The molecule has 1 unspecified atom stereocenters. The monoisotopic (exact) mass is 298 g/mol. The van der Waals surface area contributed by atoms with E-state index in [1.807, 2.05) is 12.1 Å². The lowest BCUT2D eigenvalue weighted by Crippen LogP contribution is -2.21. The highest BCUT2D eigenvalue weighted by molar-refractivity contribution is 9.10. The van der Waals surface area contributed by atoms with Crippen molar-refractivity contribution in [3.05, 3.63) is 28.2 Å². The van der Waals surface area contributed by atoms with Gasteiger partial charge in [0.1, 0.15) is 0 Å². The van der Waals surface area contributed by atoms with Gasteiger partial charge in [0.15, 0.2) is 0 Å². The number of benzene rings is 1. The molecular weight excluding hydrogens is 280 g/mol. The Balaban J connectivity index is 1.91. The van der Waals surface area contributed by atoms with Crippen molar-refractivity contribution in [3.8, 4) is 0 Å². The molecule has 94 valence electrons. The second-order valence-corrected chi connectivity index (χ2v) is 5.56. The summed E-state index contributed by atoms with van der Waals surface area (Å²) < 4.78 is 6.18. The van der Waals surface area contributed by atoms with Gasteiger partial charge in [-0.05, 0) is 52.5 Å². The number of rotatable bonds is 4. The van der Waals surface area contributed by atoms with Crippen LogP contribution in [0.25, 0.3) is 0 Å². The number of halogens is 1. The number of nitrogens with zero attached hydrogens (tertiary/aromatic N) is 1. The van der Waals surface area contributed by atoms with Gasteiger partial charge in [-0.2, -0.15) is 0 Å². The zero-order chi connectivity index (χ0) is 12.3. The first-order valence-corrected chi connectivity index (χ1v) is 6.73. The van der Waals surface area contributed by atoms with E-state index in [2.05, 4.69) is 26.9 Å². The third-order valence-corrected chi connectivity index (χ3v) is 3.96. The lowest BCUT2D eigenvalue weighted by atomic mass is 10.1. The molecule has 1 heterocycles. The van der Waals surface area contributed by atoms with Gasteiger partial charge in [0, 0.05) is 30.4 Å². The van der Waals surface area contributed by atoms with Crippen LogP contribution in [0.1, 0.15) is 12.0 Å². The molecule has 0 aromatic heterocycles. The van der Waals surface area contributed by atoms with Crippen LogP contribution in [0.5, 0.6) is 0 Å². The average molecular weight is 299 g/mol. The predicted molar refractivity (Wildman–Crippen MR) is 73.8 cm³/mol. The molecule has 1 fully saturated rings. The number of nitrogen functional groups attached to an aromatic ring is 1. The van der Waals surface area contributed by atoms with Crippen LogP contribution in [0.15, 0.2) is 22.7 Å². The van der Waals surface area contributed by atoms with Crippen LogP contribution in [0, 0.1) is 5.92 Å². The minimum atomic E-state index is 0.688. The van der Waals surface area contributed by atoms with Crippen molar-refractivity contribution < 1.29 is 4.74 Å². The molecule has 2 N–H and O–H groups in total. The molecule has 0 radical (unpaired) electrons. The minimum Gasteiger partial charge on any atom is -0.398 e. The van der Waals surface area contributed by atoms with E-state index in [-0.39, 0.29) is 0 Å². The maximum Gasteiger partial charge on any atom is 0.0503 e. The van der Waals surface area contributed by atoms with E-state index in [4.69, 9.17) is 10.5 Å². The van der Waals surface area contributed by atoms with Crippen molar-refractivity contribution in [2.24, 2.45) is 5.92 Å². The summed E-state index contributed by atoms with van der Waals surface area (Å²) in [4.78, 5) is 2.46. The molecule has 1 atom stereocenters. The van der Waals surface area contributed by atoms with E-state index in [9.17, 15) is 0 Å². The Morgan fingerprint density at radius 3 is 3.06 bits per heavy atom. The van der Waals surface area contributed by atoms with Crippen molar-refractivity contribution >= 4 is 21.6 Å². The Morgan fingerprint density at radius 2 is 2.35 bits per heavy atom. The van der Waals surface area contributed by atoms with E-state index in [0.29, 0.717) is 5.92 Å². The fourth-order valence-corrected chi connectivity index (χ4v) is 2.62. The van der Waals surface area contributed by atoms with Crippen molar-refractivity contribution in [2.75, 3.05) is 32.5 Å². The smallest absolute Gasteiger partial charge is 0.0503 e. The number of likely N-dealkylation sites (tertiary alicyclic amines) is 1. The number of methoxy groups -OCH3 is 1. The van der Waals surface area contributed by atoms with Crippen molar-refractivity contribution in [1.82, 2.24) is 4.90 Å². The van der Waals surface area contributed by atoms with Crippen LogP contribution in [0.4, 0.5) is 5.69 Å². The number of anilines is 1. The summed E-state index contributed by atoms with van der Waals surface area (Å²) >= 11 is 3.42. The fraction of sp³-hybridized carbons (Fsp3) is 0.538. The van der Waals surface area contributed by atoms with Crippen LogP contribution < -0.4 is 5.73 Å². The zero-order valence-electron chi connectivity index (χ0n) is 10.2. The van der Waals surface area contributed by atoms with Gasteiger partial charge < -0.3 is 10.5 Å². The SMILES string of the molecule is COCC1CCN(Cc2ccc(Br)c(N)c2)C1. The zero-order valence-corrected chi connectivity index (χ0v) is 11.7. The molecule has 2 rings (SSSR count). The van der Waals surface area contributed by atoms with Gasteiger partial charge in [-0.3, -0.25) is 4.90 Å². The molecule has 3 nitrogen and oxygen atoms in total. The van der Waals surface area contributed by atoms with Crippen LogP contribution >= 0.6 is 15.9 Å². The summed E-state index contributed by atoms with van der Waals surface area (Å²) in [6.45, 7) is 4.14. The summed E-state index contributed by atoms with van der Waals surface area (Å²) in [6.07, 6.45) is 1.24. The van der Waals surface area contributed by atoms with E-state index in [1.54, 1.807) is 7.11 Å². The summed E-state index contributed by atoms with van der Waals surface area (Å²) in [6, 6.07) is 6.20. The molecule has 17 heavy (non-hydrogen) atoms. The van der Waals surface area contributed by atoms with Crippen molar-refractivity contribution in [3.63, 3.8) is 0 Å². The molecular formula is C13H19BrN2O. The molecule has 1 aliphatic rings. The van der Waals surface area contributed by atoms with Crippen molar-refractivity contribution in [2.45, 2.75) is 13.0 Å². The second-order valence-electron chi connectivity index (χ2n) is 4.70. The summed E-state index contributed by atoms with van der Waals surface area (Å²) in [7, 11) is 1.78. The van der Waals surface area contributed by atoms with E-state index in [1.165, 1.54) is 12.0 Å². The van der Waals surface area contributed by atoms with Crippen LogP contribution in [-0.2, 0) is 11.3 Å². The molecule has 0 bridgehead atoms. The van der Waals surface area contributed by atoms with Gasteiger partial charge in [-0.25, -0.2) is 0 Å². The minimum absolute atomic E-state index is 0.688. The Morgan fingerprint density at radius 1 is 1.53 bits per heavy atom. The van der Waals surface area contributed by atoms with Gasteiger partial charge in [0.2, 0.25) is 0 Å². The third kappa shape index (κ3) is 3.44. The highest BCUT2D eigenvalue weighted by Gasteiger charge is 2.22. The largest absolute Gasteiger partial charge is 0.398 e. The lowest BCUT2D eigenvalue weighted by Gasteiger charge is -2.16. The van der Waals surface area contributed by atoms with Gasteiger partial charge >= 0.3 is 0 Å². The fourth-order valence-electron chi connectivity index (χ4n) is 2.38. The molecule has 0 spiro atoms. The van der Waals surface area contributed by atoms with Crippen LogP contribution in [0.3, 0.4) is 0 Å². The highest BCUT2D eigenvalue weighted by atomic mass is 79.9. The topological polar surface area (TPSA) is 38.5 Å². The van der Waals surface area contributed by atoms with E-state index < -0.39 is 0 Å². The van der Waals surface area contributed by atoms with E-state index >= 15 is 0 Å². The molecule has 0 amide bonds. The Bertz CT molecular complexity index is 384. The maximum absolute atomic E-state index is 5.88. The van der Waals surface area contributed by atoms with Crippen molar-refractivity contribution in [1.29, 1.82) is 0 Å². The molecule has 1 saturated heterocycles. The maximum atomic E-state index is 5.88. The second kappa shape index (κ2) is 5.85. The van der Waals surface area contributed by atoms with Gasteiger partial charge in [0.25, 0.3) is 0 Å². The molecule has 1 aromatic carbocycles. The number of hydrogen-bond donors (Lipinski definition) is 1. The first-order valence-electron chi connectivity index (χ1n) is 5.94. The van der Waals surface area contributed by atoms with E-state index in [0.717, 1.165) is 36.4 Å². The number of hydrogen-bond acceptors (Lipinski definition) is 3. The first-order chi connectivity index (χ1) is 8.19. The Hall–Kier alpha value is -0.580. The summed E-state index contributed by atoms with van der Waals surface area (Å²) in [5, 5.41) is 0. The molecule has 1 aliphatic heterocycles. The standard InChI is InChI=1S/C13H19BrN2O/c1-17-9-11-4-5-16(8-11)7-10-2-3-12(14)13(15)6-10/h2-3,6,11H,4-5,7-9,15H2,1H3. The Kier molecular flexibility index (Phi) is 4.42.